The van der Waals surface area contributed by atoms with E-state index < -0.39 is 35.5 Å². The standard InChI is InChI=1S/C28H32BrN3O6/c1-4-37-18-9-7-17(8-10-18)30-25(34)21-22-27(36)32(11-12-33)24(28(22)14-19(29)23(21)38-28)26(35)31-20-13-15(2)5-6-16(20)3/h5-10,13,19,21-24,33H,4,11-12,14H2,1-3H3,(H,30,34)(H,31,35)/t19?,21-,22-,23-,24?,28?/m0/s1. The molecule has 0 aliphatic carbocycles. The Kier molecular flexibility index (Phi) is 7.23. The van der Waals surface area contributed by atoms with Gasteiger partial charge in [0.15, 0.2) is 0 Å². The molecule has 6 atom stereocenters. The number of hydrogen-bond donors (Lipinski definition) is 3. The molecule has 2 bridgehead atoms. The predicted octanol–water partition coefficient (Wildman–Crippen LogP) is 3.02. The van der Waals surface area contributed by atoms with Crippen molar-refractivity contribution in [3.8, 4) is 5.75 Å². The number of likely N-dealkylation sites (tertiary alicyclic amines) is 1. The third-order valence-electron chi connectivity index (χ3n) is 7.76. The van der Waals surface area contributed by atoms with E-state index >= 15 is 0 Å². The van der Waals surface area contributed by atoms with Gasteiger partial charge in [-0.1, -0.05) is 28.1 Å². The summed E-state index contributed by atoms with van der Waals surface area (Å²) in [4.78, 5) is 42.3. The highest BCUT2D eigenvalue weighted by atomic mass is 79.9. The van der Waals surface area contributed by atoms with E-state index in [-0.39, 0.29) is 29.8 Å². The molecular formula is C28H32BrN3O6. The first-order chi connectivity index (χ1) is 18.2. The van der Waals surface area contributed by atoms with Crippen LogP contribution in [0, 0.1) is 25.7 Å². The molecule has 3 unspecified atom stereocenters. The minimum Gasteiger partial charge on any atom is -0.494 e. The Hall–Kier alpha value is -2.95. The van der Waals surface area contributed by atoms with Crippen molar-refractivity contribution in [2.24, 2.45) is 11.8 Å². The molecule has 38 heavy (non-hydrogen) atoms. The van der Waals surface area contributed by atoms with Crippen LogP contribution in [0.3, 0.4) is 0 Å². The predicted molar refractivity (Wildman–Crippen MR) is 145 cm³/mol. The summed E-state index contributed by atoms with van der Waals surface area (Å²) in [5.41, 5.74) is 1.91. The maximum Gasteiger partial charge on any atom is 0.250 e. The number of amides is 3. The van der Waals surface area contributed by atoms with Crippen LogP contribution in [-0.4, -0.2) is 70.1 Å². The summed E-state index contributed by atoms with van der Waals surface area (Å²) in [7, 11) is 0. The molecule has 1 spiro atoms. The number of nitrogens with zero attached hydrogens (tertiary/aromatic N) is 1. The molecule has 2 aromatic carbocycles. The molecule has 3 saturated heterocycles. The topological polar surface area (TPSA) is 117 Å². The second-order valence-corrected chi connectivity index (χ2v) is 11.3. The van der Waals surface area contributed by atoms with Crippen molar-refractivity contribution in [2.45, 2.75) is 49.8 Å². The van der Waals surface area contributed by atoms with Crippen LogP contribution in [0.4, 0.5) is 11.4 Å². The number of aliphatic hydroxyl groups excluding tert-OH is 1. The van der Waals surface area contributed by atoms with Crippen LogP contribution in [0.15, 0.2) is 42.5 Å². The molecule has 0 radical (unpaired) electrons. The van der Waals surface area contributed by atoms with Crippen LogP contribution in [0.5, 0.6) is 5.75 Å². The van der Waals surface area contributed by atoms with E-state index in [0.29, 0.717) is 30.2 Å². The smallest absolute Gasteiger partial charge is 0.250 e. The van der Waals surface area contributed by atoms with E-state index in [1.807, 2.05) is 39.0 Å². The number of aryl methyl sites for hydroxylation is 2. The normalized spacial score (nSPS) is 29.3. The number of halogens is 1. The Balaban J connectivity index is 1.45. The Morgan fingerprint density at radius 1 is 1.16 bits per heavy atom. The van der Waals surface area contributed by atoms with Crippen molar-refractivity contribution >= 4 is 45.0 Å². The number of rotatable bonds is 8. The fourth-order valence-electron chi connectivity index (χ4n) is 6.18. The van der Waals surface area contributed by atoms with Crippen molar-refractivity contribution in [1.29, 1.82) is 0 Å². The van der Waals surface area contributed by atoms with E-state index in [2.05, 4.69) is 26.6 Å². The van der Waals surface area contributed by atoms with Crippen molar-refractivity contribution in [1.82, 2.24) is 4.90 Å². The number of alkyl halides is 1. The van der Waals surface area contributed by atoms with Gasteiger partial charge in [-0.2, -0.15) is 0 Å². The summed E-state index contributed by atoms with van der Waals surface area (Å²) in [5.74, 6) is -2.04. The van der Waals surface area contributed by atoms with Gasteiger partial charge in [-0.05, 0) is 68.7 Å². The molecule has 3 fully saturated rings. The molecule has 3 amide bonds. The monoisotopic (exact) mass is 585 g/mol. The van der Waals surface area contributed by atoms with Crippen LogP contribution >= 0.6 is 15.9 Å². The zero-order chi connectivity index (χ0) is 27.2. The molecule has 2 aromatic rings. The first-order valence-electron chi connectivity index (χ1n) is 12.8. The molecular weight excluding hydrogens is 554 g/mol. The van der Waals surface area contributed by atoms with Gasteiger partial charge >= 0.3 is 0 Å². The van der Waals surface area contributed by atoms with Gasteiger partial charge in [0, 0.05) is 22.7 Å². The lowest BCUT2D eigenvalue weighted by molar-refractivity contribution is -0.140. The van der Waals surface area contributed by atoms with Crippen LogP contribution in [0.2, 0.25) is 0 Å². The van der Waals surface area contributed by atoms with Gasteiger partial charge in [0.2, 0.25) is 17.7 Å². The van der Waals surface area contributed by atoms with Crippen molar-refractivity contribution < 1.29 is 29.0 Å². The number of carbonyl (C=O) groups excluding carboxylic acids is 3. The summed E-state index contributed by atoms with van der Waals surface area (Å²) < 4.78 is 11.9. The molecule has 9 nitrogen and oxygen atoms in total. The maximum atomic E-state index is 13.8. The van der Waals surface area contributed by atoms with Crippen molar-refractivity contribution in [3.63, 3.8) is 0 Å². The van der Waals surface area contributed by atoms with Crippen LogP contribution in [-0.2, 0) is 19.1 Å². The van der Waals surface area contributed by atoms with Crippen LogP contribution < -0.4 is 15.4 Å². The van der Waals surface area contributed by atoms with Gasteiger partial charge in [0.1, 0.15) is 17.4 Å². The maximum absolute atomic E-state index is 13.8. The Bertz CT molecular complexity index is 1250. The number of ether oxygens (including phenoxy) is 2. The number of carbonyl (C=O) groups is 3. The highest BCUT2D eigenvalue weighted by Crippen LogP contribution is 2.60. The second kappa shape index (κ2) is 10.3. The molecule has 10 heteroatoms. The van der Waals surface area contributed by atoms with Crippen molar-refractivity contribution in [3.05, 3.63) is 53.6 Å². The summed E-state index contributed by atoms with van der Waals surface area (Å²) in [6.45, 7) is 5.92. The lowest BCUT2D eigenvalue weighted by atomic mass is 9.70. The SMILES string of the molecule is CCOc1ccc(NC(=O)[C@H]2[C@H]3C(=O)N(CCO)C(C(=O)Nc4cc(C)ccc4C)C34CC(Br)[C@@H]2O4)cc1. The van der Waals surface area contributed by atoms with Gasteiger partial charge in [-0.3, -0.25) is 14.4 Å². The van der Waals surface area contributed by atoms with E-state index in [9.17, 15) is 19.5 Å². The molecule has 202 valence electrons. The number of fused-ring (bicyclic) bond motifs is 1. The summed E-state index contributed by atoms with van der Waals surface area (Å²) in [5, 5.41) is 15.7. The number of anilines is 2. The van der Waals surface area contributed by atoms with E-state index in [4.69, 9.17) is 9.47 Å². The first kappa shape index (κ1) is 26.6. The Morgan fingerprint density at radius 2 is 1.89 bits per heavy atom. The molecule has 0 saturated carbocycles. The number of nitrogens with one attached hydrogen (secondary N) is 2. The lowest BCUT2D eigenvalue weighted by Gasteiger charge is -2.34. The Labute approximate surface area is 230 Å². The van der Waals surface area contributed by atoms with E-state index in [1.165, 1.54) is 4.90 Å². The third-order valence-corrected chi connectivity index (χ3v) is 8.61. The second-order valence-electron chi connectivity index (χ2n) is 10.2. The van der Waals surface area contributed by atoms with E-state index in [1.54, 1.807) is 24.3 Å². The quantitative estimate of drug-likeness (QED) is 0.410. The summed E-state index contributed by atoms with van der Waals surface area (Å²) >= 11 is 3.66. The fourth-order valence-corrected chi connectivity index (χ4v) is 7.12. The van der Waals surface area contributed by atoms with Crippen LogP contribution in [0.25, 0.3) is 0 Å². The summed E-state index contributed by atoms with van der Waals surface area (Å²) in [6, 6.07) is 11.8. The zero-order valence-corrected chi connectivity index (χ0v) is 23.2. The van der Waals surface area contributed by atoms with Gasteiger partial charge in [0.05, 0.1) is 31.2 Å². The molecule has 3 N–H and O–H groups in total. The lowest BCUT2D eigenvalue weighted by Crippen LogP contribution is -2.54. The molecule has 3 aliphatic rings. The molecule has 5 rings (SSSR count). The largest absolute Gasteiger partial charge is 0.494 e. The highest BCUT2D eigenvalue weighted by Gasteiger charge is 2.76. The van der Waals surface area contributed by atoms with Gasteiger partial charge in [0.25, 0.3) is 0 Å². The van der Waals surface area contributed by atoms with Gasteiger partial charge < -0.3 is 30.1 Å². The highest BCUT2D eigenvalue weighted by molar-refractivity contribution is 9.09. The fraction of sp³-hybridized carbons (Fsp3) is 0.464. The third kappa shape index (κ3) is 4.38. The zero-order valence-electron chi connectivity index (χ0n) is 21.6. The minimum absolute atomic E-state index is 0.0316. The first-order valence-corrected chi connectivity index (χ1v) is 13.8. The Morgan fingerprint density at radius 3 is 2.58 bits per heavy atom. The number of aliphatic hydroxyl groups is 1. The van der Waals surface area contributed by atoms with Crippen molar-refractivity contribution in [2.75, 3.05) is 30.4 Å². The minimum atomic E-state index is -1.19. The molecule has 0 aromatic heterocycles. The number of benzene rings is 2. The van der Waals surface area contributed by atoms with Gasteiger partial charge in [-0.15, -0.1) is 0 Å². The van der Waals surface area contributed by atoms with Crippen LogP contribution in [0.1, 0.15) is 24.5 Å². The average Bonchev–Trinajstić information content (AvgIpc) is 3.46. The summed E-state index contributed by atoms with van der Waals surface area (Å²) in [6.07, 6.45) is -0.174. The number of hydrogen-bond acceptors (Lipinski definition) is 6. The average molecular weight is 586 g/mol. The molecule has 3 aliphatic heterocycles. The van der Waals surface area contributed by atoms with E-state index in [0.717, 1.165) is 11.1 Å². The molecule has 3 heterocycles. The number of β-amino-alcohol motifs (C(OH)–C–C–N with tert-alkyl or cyclic N) is 1. The van der Waals surface area contributed by atoms with Gasteiger partial charge in [-0.25, -0.2) is 0 Å².